The van der Waals surface area contributed by atoms with Gasteiger partial charge in [-0.25, -0.2) is 33.9 Å². The number of carbonyl (C=O) groups excluding carboxylic acids is 2. The average Bonchev–Trinajstić information content (AvgIpc) is 3.37. The summed E-state index contributed by atoms with van der Waals surface area (Å²) >= 11 is 1.37. The average molecular weight is 578 g/mol. The van der Waals surface area contributed by atoms with Crippen molar-refractivity contribution < 1.29 is 32.9 Å². The van der Waals surface area contributed by atoms with Gasteiger partial charge in [-0.2, -0.15) is 0 Å². The summed E-state index contributed by atoms with van der Waals surface area (Å²) in [6.45, 7) is 3.44. The maximum absolute atomic E-state index is 14.9. The van der Waals surface area contributed by atoms with E-state index in [2.05, 4.69) is 30.0 Å². The van der Waals surface area contributed by atoms with Crippen molar-refractivity contribution in [1.82, 2.24) is 19.9 Å². The molecule has 5 aromatic rings. The topological polar surface area (TPSA) is 135 Å². The van der Waals surface area contributed by atoms with Crippen LogP contribution in [0.4, 0.5) is 14.9 Å². The molecule has 0 aliphatic heterocycles. The molecule has 1 unspecified atom stereocenters. The predicted octanol–water partition coefficient (Wildman–Crippen LogP) is 5.56. The van der Waals surface area contributed by atoms with Crippen molar-refractivity contribution in [3.63, 3.8) is 0 Å². The first-order valence-corrected chi connectivity index (χ1v) is 13.1. The number of aryl methyl sites for hydroxylation is 1. The second kappa shape index (κ2) is 11.7. The van der Waals surface area contributed by atoms with Crippen LogP contribution in [0.1, 0.15) is 23.0 Å². The van der Waals surface area contributed by atoms with Crippen LogP contribution in [0.25, 0.3) is 31.8 Å². The third-order valence-corrected chi connectivity index (χ3v) is 6.88. The number of thiazole rings is 1. The van der Waals surface area contributed by atoms with Crippen molar-refractivity contribution >= 4 is 50.3 Å². The Kier molecular flexibility index (Phi) is 7.88. The molecule has 11 nitrogen and oxygen atoms in total. The molecule has 0 aliphatic carbocycles. The fraction of sp³-hybridized carbons (Fsp3) is 0.214. The van der Waals surface area contributed by atoms with Crippen molar-refractivity contribution in [2.45, 2.75) is 20.0 Å². The molecule has 1 amide bonds. The number of methoxy groups -OCH3 is 2. The van der Waals surface area contributed by atoms with Gasteiger partial charge in [0.05, 0.1) is 41.7 Å². The third kappa shape index (κ3) is 6.14. The molecule has 1 atom stereocenters. The normalized spacial score (nSPS) is 11.7. The van der Waals surface area contributed by atoms with Crippen molar-refractivity contribution in [2.75, 3.05) is 26.1 Å². The first-order valence-electron chi connectivity index (χ1n) is 12.3. The molecule has 2 aromatic carbocycles. The number of aromatic nitrogens is 4. The number of pyridine rings is 1. The van der Waals surface area contributed by atoms with Crippen LogP contribution in [0, 0.1) is 12.7 Å². The zero-order chi connectivity index (χ0) is 29.1. The van der Waals surface area contributed by atoms with Gasteiger partial charge in [0.2, 0.25) is 5.88 Å². The largest absolute Gasteiger partial charge is 0.487 e. The summed E-state index contributed by atoms with van der Waals surface area (Å²) in [7, 11) is 2.76. The highest BCUT2D eigenvalue weighted by Gasteiger charge is 2.18. The molecular weight excluding hydrogens is 553 g/mol. The van der Waals surface area contributed by atoms with Crippen molar-refractivity contribution in [1.29, 1.82) is 0 Å². The fourth-order valence-electron chi connectivity index (χ4n) is 3.96. The number of nitrogens with zero attached hydrogens (tertiary/aromatic N) is 4. The van der Waals surface area contributed by atoms with Gasteiger partial charge >= 0.3 is 12.1 Å². The van der Waals surface area contributed by atoms with Gasteiger partial charge in [-0.1, -0.05) is 0 Å². The number of hydrogen-bond donors (Lipinski definition) is 1. The predicted molar refractivity (Wildman–Crippen MR) is 150 cm³/mol. The maximum Gasteiger partial charge on any atom is 0.412 e. The minimum Gasteiger partial charge on any atom is -0.487 e. The second-order valence-corrected chi connectivity index (χ2v) is 9.97. The van der Waals surface area contributed by atoms with E-state index in [1.165, 1.54) is 50.0 Å². The standard InChI is InChI=1S/C28H24FN5O6S/c1-14-7-17(25-20(8-14)33-24(37-3)12-31-25)26-34-19-10-18(29)22(11-23(19)41-26)39-13-15(2)40-28(36)32-16-5-6-30-21(9-16)27(35)38-4/h5-12,15H,13H2,1-4H3,(H,30,32,36). The zero-order valence-corrected chi connectivity index (χ0v) is 23.2. The monoisotopic (exact) mass is 577 g/mol. The number of rotatable bonds is 8. The van der Waals surface area contributed by atoms with Gasteiger partial charge in [0.1, 0.15) is 23.4 Å². The number of ether oxygens (including phenoxy) is 4. The molecule has 1 N–H and O–H groups in total. The first-order chi connectivity index (χ1) is 19.7. The van der Waals surface area contributed by atoms with Crippen molar-refractivity contribution in [3.05, 3.63) is 65.9 Å². The number of amides is 1. The highest BCUT2D eigenvalue weighted by molar-refractivity contribution is 7.21. The quantitative estimate of drug-likeness (QED) is 0.234. The van der Waals surface area contributed by atoms with E-state index in [0.717, 1.165) is 11.1 Å². The fourth-order valence-corrected chi connectivity index (χ4v) is 4.95. The van der Waals surface area contributed by atoms with Gasteiger partial charge in [-0.3, -0.25) is 5.32 Å². The molecule has 41 heavy (non-hydrogen) atoms. The number of anilines is 1. The smallest absolute Gasteiger partial charge is 0.412 e. The summed E-state index contributed by atoms with van der Waals surface area (Å²) in [6.07, 6.45) is 1.39. The van der Waals surface area contributed by atoms with E-state index < -0.39 is 24.0 Å². The van der Waals surface area contributed by atoms with Crippen molar-refractivity contribution in [2.24, 2.45) is 0 Å². The van der Waals surface area contributed by atoms with E-state index >= 15 is 0 Å². The SMILES string of the molecule is COC(=O)c1cc(NC(=O)OC(C)COc2cc3sc(-c4cc(C)cc5nc(OC)cnc45)nc3cc2F)ccn1. The molecular formula is C28H24FN5O6S. The van der Waals surface area contributed by atoms with Crippen LogP contribution in [0.15, 0.2) is 48.8 Å². The van der Waals surface area contributed by atoms with Crippen LogP contribution in [-0.2, 0) is 9.47 Å². The van der Waals surface area contributed by atoms with E-state index in [0.29, 0.717) is 37.8 Å². The minimum atomic E-state index is -0.780. The summed E-state index contributed by atoms with van der Waals surface area (Å²) in [5.74, 6) is -0.837. The molecule has 0 fully saturated rings. The lowest BCUT2D eigenvalue weighted by molar-refractivity contribution is 0.0593. The van der Waals surface area contributed by atoms with E-state index in [1.54, 1.807) is 19.2 Å². The summed E-state index contributed by atoms with van der Waals surface area (Å²) in [4.78, 5) is 41.4. The molecule has 0 bridgehead atoms. The molecule has 0 spiro atoms. The molecule has 13 heteroatoms. The Morgan fingerprint density at radius 3 is 2.68 bits per heavy atom. The number of hydrogen-bond acceptors (Lipinski definition) is 11. The molecule has 0 saturated carbocycles. The number of halogens is 1. The van der Waals surface area contributed by atoms with Crippen LogP contribution in [0.2, 0.25) is 0 Å². The van der Waals surface area contributed by atoms with Gasteiger partial charge in [0.25, 0.3) is 0 Å². The lowest BCUT2D eigenvalue weighted by atomic mass is 10.1. The highest BCUT2D eigenvalue weighted by Crippen LogP contribution is 2.37. The Hall–Kier alpha value is -4.91. The molecule has 210 valence electrons. The number of fused-ring (bicyclic) bond motifs is 2. The number of esters is 1. The number of benzene rings is 2. The van der Waals surface area contributed by atoms with Crippen LogP contribution in [0.5, 0.6) is 11.6 Å². The Labute approximate surface area is 237 Å². The zero-order valence-electron chi connectivity index (χ0n) is 22.4. The van der Waals surface area contributed by atoms with Gasteiger partial charge in [0, 0.05) is 29.6 Å². The van der Waals surface area contributed by atoms with E-state index in [-0.39, 0.29) is 18.1 Å². The van der Waals surface area contributed by atoms with Crippen LogP contribution >= 0.6 is 11.3 Å². The number of carbonyl (C=O) groups is 2. The molecule has 0 saturated heterocycles. The second-order valence-electron chi connectivity index (χ2n) is 8.94. The van der Waals surface area contributed by atoms with Crippen LogP contribution in [0.3, 0.4) is 0 Å². The Morgan fingerprint density at radius 2 is 1.90 bits per heavy atom. The van der Waals surface area contributed by atoms with E-state index in [9.17, 15) is 14.0 Å². The highest BCUT2D eigenvalue weighted by atomic mass is 32.1. The van der Waals surface area contributed by atoms with Gasteiger partial charge in [-0.05, 0) is 43.7 Å². The van der Waals surface area contributed by atoms with Crippen LogP contribution < -0.4 is 14.8 Å². The summed E-state index contributed by atoms with van der Waals surface area (Å²) in [5.41, 5.74) is 3.86. The number of nitrogens with one attached hydrogen (secondary N) is 1. The van der Waals surface area contributed by atoms with Gasteiger partial charge < -0.3 is 18.9 Å². The van der Waals surface area contributed by atoms with E-state index in [4.69, 9.17) is 14.2 Å². The lowest BCUT2D eigenvalue weighted by Crippen LogP contribution is -2.25. The van der Waals surface area contributed by atoms with Gasteiger partial charge in [-0.15, -0.1) is 11.3 Å². The summed E-state index contributed by atoms with van der Waals surface area (Å²) in [5, 5.41) is 3.16. The molecule has 3 heterocycles. The van der Waals surface area contributed by atoms with E-state index in [1.807, 2.05) is 19.1 Å². The molecule has 0 aliphatic rings. The van der Waals surface area contributed by atoms with Gasteiger partial charge in [0.15, 0.2) is 11.6 Å². The molecule has 3 aromatic heterocycles. The Balaban J connectivity index is 1.28. The maximum atomic E-state index is 14.9. The first kappa shape index (κ1) is 27.6. The summed E-state index contributed by atoms with van der Waals surface area (Å²) in [6, 6.07) is 9.58. The molecule has 0 radical (unpaired) electrons. The van der Waals surface area contributed by atoms with Crippen molar-refractivity contribution in [3.8, 4) is 22.2 Å². The summed E-state index contributed by atoms with van der Waals surface area (Å²) < 4.78 is 36.4. The Bertz CT molecular complexity index is 1780. The minimum absolute atomic E-state index is 0.000889. The molecule has 5 rings (SSSR count). The Morgan fingerprint density at radius 1 is 1.07 bits per heavy atom. The lowest BCUT2D eigenvalue weighted by Gasteiger charge is -2.15. The third-order valence-electron chi connectivity index (χ3n) is 5.83. The van der Waals surface area contributed by atoms with Crippen LogP contribution in [-0.4, -0.2) is 58.9 Å².